The van der Waals surface area contributed by atoms with Crippen molar-refractivity contribution in [2.45, 2.75) is 19.0 Å². The average Bonchev–Trinajstić information content (AvgIpc) is 2.28. The molecule has 0 aliphatic carbocycles. The van der Waals surface area contributed by atoms with E-state index >= 15 is 0 Å². The number of nitrogens with zero attached hydrogens (tertiary/aromatic N) is 2. The smallest absolute Gasteiger partial charge is 0.308 e. The molecule has 1 aromatic heterocycles. The van der Waals surface area contributed by atoms with Crippen LogP contribution < -0.4 is 0 Å². The minimum atomic E-state index is -3.97. The zero-order valence-corrected chi connectivity index (χ0v) is 12.9. The molecular weight excluding hydrogens is 315 g/mol. The van der Waals surface area contributed by atoms with Crippen molar-refractivity contribution in [1.82, 2.24) is 9.97 Å². The molecule has 1 heterocycles. The third-order valence-corrected chi connectivity index (χ3v) is 6.74. The molecule has 108 valence electrons. The van der Waals surface area contributed by atoms with Gasteiger partial charge in [0.2, 0.25) is 15.0 Å². The van der Waals surface area contributed by atoms with E-state index in [0.29, 0.717) is 0 Å². The van der Waals surface area contributed by atoms with Gasteiger partial charge >= 0.3 is 7.60 Å². The number of hydrogen-bond donors (Lipinski definition) is 0. The fraction of sp³-hybridized carbons (Fsp3) is 0.556. The number of sulfone groups is 1. The van der Waals surface area contributed by atoms with Gasteiger partial charge in [0.25, 0.3) is 0 Å². The molecule has 0 saturated heterocycles. The van der Waals surface area contributed by atoms with Gasteiger partial charge in [-0.3, -0.25) is 4.57 Å². The molecule has 0 aliphatic heterocycles. The van der Waals surface area contributed by atoms with Gasteiger partial charge in [-0.2, -0.15) is 0 Å². The Hall–Kier alpha value is -0.530. The Labute approximate surface area is 116 Å². The molecule has 0 atom stereocenters. The van der Waals surface area contributed by atoms with Crippen molar-refractivity contribution in [2.24, 2.45) is 0 Å². The van der Waals surface area contributed by atoms with E-state index in [2.05, 4.69) is 9.97 Å². The summed E-state index contributed by atoms with van der Waals surface area (Å²) in [5.74, 6) is 0. The molecule has 1 aromatic rings. The maximum absolute atomic E-state index is 12.2. The maximum atomic E-state index is 12.2. The van der Waals surface area contributed by atoms with Gasteiger partial charge in [0.15, 0.2) is 5.49 Å². The van der Waals surface area contributed by atoms with Gasteiger partial charge < -0.3 is 9.05 Å². The number of halogens is 1. The Kier molecular flexibility index (Phi) is 5.88. The van der Waals surface area contributed by atoms with Crippen molar-refractivity contribution in [3.05, 3.63) is 17.4 Å². The predicted octanol–water partition coefficient (Wildman–Crippen LogP) is 2.13. The topological polar surface area (TPSA) is 95.5 Å². The molecule has 0 saturated carbocycles. The molecule has 0 fully saturated rings. The van der Waals surface area contributed by atoms with Crippen LogP contribution in [0.2, 0.25) is 5.02 Å². The van der Waals surface area contributed by atoms with Crippen molar-refractivity contribution in [1.29, 1.82) is 0 Å². The summed E-state index contributed by atoms with van der Waals surface area (Å²) in [5.41, 5.74) is -0.802. The van der Waals surface area contributed by atoms with Crippen LogP contribution in [0, 0.1) is 0 Å². The lowest BCUT2D eigenvalue weighted by Crippen LogP contribution is -2.13. The molecule has 19 heavy (non-hydrogen) atoms. The van der Waals surface area contributed by atoms with E-state index in [1.54, 1.807) is 13.8 Å². The van der Waals surface area contributed by atoms with Crippen LogP contribution in [-0.2, 0) is 23.4 Å². The first-order valence-corrected chi connectivity index (χ1v) is 9.17. The van der Waals surface area contributed by atoms with E-state index in [0.717, 1.165) is 12.4 Å². The molecule has 0 aliphatic rings. The summed E-state index contributed by atoms with van der Waals surface area (Å²) < 4.78 is 46.0. The maximum Gasteiger partial charge on any atom is 0.346 e. The first-order chi connectivity index (χ1) is 8.83. The van der Waals surface area contributed by atoms with Gasteiger partial charge in [-0.1, -0.05) is 11.6 Å². The molecule has 0 radical (unpaired) electrons. The lowest BCUT2D eigenvalue weighted by atomic mass is 10.7. The summed E-state index contributed by atoms with van der Waals surface area (Å²) in [6.07, 6.45) is 2.29. The van der Waals surface area contributed by atoms with Crippen LogP contribution in [0.5, 0.6) is 0 Å². The largest absolute Gasteiger partial charge is 0.346 e. The molecule has 0 amide bonds. The lowest BCUT2D eigenvalue weighted by Gasteiger charge is -2.16. The van der Waals surface area contributed by atoms with E-state index in [-0.39, 0.29) is 18.2 Å². The van der Waals surface area contributed by atoms with Gasteiger partial charge in [0.1, 0.15) is 0 Å². The quantitative estimate of drug-likeness (QED) is 0.558. The first-order valence-electron chi connectivity index (χ1n) is 5.41. The second kappa shape index (κ2) is 6.76. The molecule has 10 heteroatoms. The van der Waals surface area contributed by atoms with E-state index in [1.165, 1.54) is 0 Å². The van der Waals surface area contributed by atoms with Crippen LogP contribution in [0.4, 0.5) is 0 Å². The Morgan fingerprint density at radius 1 is 1.21 bits per heavy atom. The van der Waals surface area contributed by atoms with Crippen molar-refractivity contribution in [2.75, 3.05) is 18.7 Å². The summed E-state index contributed by atoms with van der Waals surface area (Å²) in [7, 11) is -7.69. The van der Waals surface area contributed by atoms with Crippen molar-refractivity contribution in [3.63, 3.8) is 0 Å². The van der Waals surface area contributed by atoms with Gasteiger partial charge in [-0.15, -0.1) is 0 Å². The van der Waals surface area contributed by atoms with Crippen molar-refractivity contribution in [3.8, 4) is 0 Å². The van der Waals surface area contributed by atoms with Gasteiger partial charge in [-0.05, 0) is 13.8 Å². The molecule has 0 bridgehead atoms. The van der Waals surface area contributed by atoms with Crippen molar-refractivity contribution >= 4 is 29.0 Å². The Morgan fingerprint density at radius 2 is 1.68 bits per heavy atom. The summed E-state index contributed by atoms with van der Waals surface area (Å²) in [4.78, 5) is 7.18. The second-order valence-corrected chi connectivity index (χ2v) is 8.18. The Balaban J connectivity index is 3.00. The normalized spacial score (nSPS) is 12.6. The number of hydrogen-bond acceptors (Lipinski definition) is 7. The Morgan fingerprint density at radius 3 is 2.11 bits per heavy atom. The third kappa shape index (κ3) is 4.81. The van der Waals surface area contributed by atoms with Crippen LogP contribution >= 0.6 is 19.2 Å². The first kappa shape index (κ1) is 16.5. The summed E-state index contributed by atoms with van der Waals surface area (Å²) >= 11 is 5.57. The summed E-state index contributed by atoms with van der Waals surface area (Å²) in [6, 6.07) is 0. The third-order valence-electron chi connectivity index (χ3n) is 1.85. The molecule has 0 aromatic carbocycles. The van der Waals surface area contributed by atoms with E-state index < -0.39 is 28.1 Å². The molecule has 0 N–H and O–H groups in total. The zero-order chi connectivity index (χ0) is 14.5. The van der Waals surface area contributed by atoms with E-state index in [9.17, 15) is 13.0 Å². The van der Waals surface area contributed by atoms with E-state index in [1.807, 2.05) is 0 Å². The summed E-state index contributed by atoms with van der Waals surface area (Å²) in [5, 5.41) is -0.256. The standard InChI is InChI=1S/C9H14ClN2O5PS/c1-3-16-18(13,17-4-2)7-19(14,15)9-11-5-8(10)6-12-9/h5-6H,3-4,7H2,1-2H3. The highest BCUT2D eigenvalue weighted by Crippen LogP contribution is 2.49. The molecular formula is C9H14ClN2O5PS. The average molecular weight is 329 g/mol. The number of rotatable bonds is 7. The van der Waals surface area contributed by atoms with Gasteiger partial charge in [0, 0.05) is 0 Å². The SMILES string of the molecule is CCOP(=O)(CS(=O)(=O)c1ncc(Cl)cn1)OCC. The highest BCUT2D eigenvalue weighted by atomic mass is 35.5. The fourth-order valence-corrected chi connectivity index (χ4v) is 5.34. The highest BCUT2D eigenvalue weighted by Gasteiger charge is 2.34. The van der Waals surface area contributed by atoms with Crippen LogP contribution in [0.15, 0.2) is 17.6 Å². The van der Waals surface area contributed by atoms with Crippen LogP contribution in [-0.4, -0.2) is 37.1 Å². The zero-order valence-electron chi connectivity index (χ0n) is 10.4. The lowest BCUT2D eigenvalue weighted by molar-refractivity contribution is 0.223. The predicted molar refractivity (Wildman–Crippen MR) is 70.0 cm³/mol. The highest BCUT2D eigenvalue weighted by molar-refractivity contribution is 7.97. The minimum Gasteiger partial charge on any atom is -0.308 e. The van der Waals surface area contributed by atoms with E-state index in [4.69, 9.17) is 20.6 Å². The minimum absolute atomic E-state index is 0.0777. The van der Waals surface area contributed by atoms with Crippen LogP contribution in [0.3, 0.4) is 0 Å². The monoisotopic (exact) mass is 328 g/mol. The second-order valence-electron chi connectivity index (χ2n) is 3.37. The summed E-state index contributed by atoms with van der Waals surface area (Å²) in [6.45, 7) is 3.34. The fourth-order valence-electron chi connectivity index (χ4n) is 1.23. The van der Waals surface area contributed by atoms with Crippen molar-refractivity contribution < 1.29 is 22.0 Å². The molecule has 1 rings (SSSR count). The molecule has 0 spiro atoms. The van der Waals surface area contributed by atoms with Gasteiger partial charge in [-0.25, -0.2) is 18.4 Å². The number of aromatic nitrogens is 2. The van der Waals surface area contributed by atoms with Crippen LogP contribution in [0.25, 0.3) is 0 Å². The van der Waals surface area contributed by atoms with Crippen LogP contribution in [0.1, 0.15) is 13.8 Å². The van der Waals surface area contributed by atoms with Gasteiger partial charge in [0.05, 0.1) is 30.6 Å². The molecule has 7 nitrogen and oxygen atoms in total. The Bertz CT molecular complexity index is 552. The molecule has 0 unspecified atom stereocenters.